The standard InChI is InChI=1S/C15H19N3/c1-3-18(14-7-5-4-6-8-14)15-10-9-13(11-17-15)12(2)16/h4-12H,3,16H2,1-2H3/t12-/m1/s1. The second kappa shape index (κ2) is 5.65. The minimum atomic E-state index is 0.0263. The Balaban J connectivity index is 2.28. The summed E-state index contributed by atoms with van der Waals surface area (Å²) in [6.07, 6.45) is 1.85. The highest BCUT2D eigenvalue weighted by Gasteiger charge is 2.08. The fourth-order valence-corrected chi connectivity index (χ4v) is 1.91. The van der Waals surface area contributed by atoms with Crippen LogP contribution < -0.4 is 10.6 Å². The van der Waals surface area contributed by atoms with Crippen LogP contribution >= 0.6 is 0 Å². The van der Waals surface area contributed by atoms with Crippen LogP contribution in [0.5, 0.6) is 0 Å². The second-order valence-corrected chi connectivity index (χ2v) is 4.32. The van der Waals surface area contributed by atoms with Gasteiger partial charge in [-0.1, -0.05) is 24.3 Å². The smallest absolute Gasteiger partial charge is 0.132 e. The van der Waals surface area contributed by atoms with Crippen molar-refractivity contribution in [1.82, 2.24) is 4.98 Å². The number of hydrogen-bond acceptors (Lipinski definition) is 3. The average Bonchev–Trinajstić information content (AvgIpc) is 2.41. The molecule has 1 heterocycles. The van der Waals surface area contributed by atoms with Crippen LogP contribution in [0.1, 0.15) is 25.5 Å². The van der Waals surface area contributed by atoms with Crippen LogP contribution in [0.3, 0.4) is 0 Å². The van der Waals surface area contributed by atoms with Crippen molar-refractivity contribution >= 4 is 11.5 Å². The number of benzene rings is 1. The quantitative estimate of drug-likeness (QED) is 0.893. The molecule has 0 saturated carbocycles. The van der Waals surface area contributed by atoms with Crippen molar-refractivity contribution in [3.8, 4) is 0 Å². The summed E-state index contributed by atoms with van der Waals surface area (Å²) in [7, 11) is 0. The van der Waals surface area contributed by atoms with Crippen molar-refractivity contribution in [1.29, 1.82) is 0 Å². The first-order valence-corrected chi connectivity index (χ1v) is 6.26. The third-order valence-corrected chi connectivity index (χ3v) is 2.96. The van der Waals surface area contributed by atoms with E-state index >= 15 is 0 Å². The molecule has 0 unspecified atom stereocenters. The molecular formula is C15H19N3. The van der Waals surface area contributed by atoms with Crippen molar-refractivity contribution < 1.29 is 0 Å². The van der Waals surface area contributed by atoms with Gasteiger partial charge >= 0.3 is 0 Å². The molecule has 0 saturated heterocycles. The van der Waals surface area contributed by atoms with E-state index in [0.717, 1.165) is 23.6 Å². The van der Waals surface area contributed by atoms with Gasteiger partial charge in [-0.05, 0) is 37.6 Å². The summed E-state index contributed by atoms with van der Waals surface area (Å²) in [5, 5.41) is 0. The largest absolute Gasteiger partial charge is 0.327 e. The molecule has 0 radical (unpaired) electrons. The maximum Gasteiger partial charge on any atom is 0.132 e. The van der Waals surface area contributed by atoms with Gasteiger partial charge in [-0.25, -0.2) is 4.98 Å². The first-order valence-electron chi connectivity index (χ1n) is 6.26. The summed E-state index contributed by atoms with van der Waals surface area (Å²) < 4.78 is 0. The Kier molecular flexibility index (Phi) is 3.95. The van der Waals surface area contributed by atoms with Crippen LogP contribution in [-0.2, 0) is 0 Å². The Morgan fingerprint density at radius 1 is 1.17 bits per heavy atom. The van der Waals surface area contributed by atoms with Crippen molar-refractivity contribution in [3.63, 3.8) is 0 Å². The predicted molar refractivity (Wildman–Crippen MR) is 76.0 cm³/mol. The number of anilines is 2. The third kappa shape index (κ3) is 2.68. The van der Waals surface area contributed by atoms with E-state index < -0.39 is 0 Å². The van der Waals surface area contributed by atoms with E-state index in [4.69, 9.17) is 5.73 Å². The van der Waals surface area contributed by atoms with Gasteiger partial charge in [-0.2, -0.15) is 0 Å². The van der Waals surface area contributed by atoms with Crippen LogP contribution in [0.4, 0.5) is 11.5 Å². The zero-order valence-electron chi connectivity index (χ0n) is 10.9. The number of rotatable bonds is 4. The number of nitrogens with two attached hydrogens (primary N) is 1. The monoisotopic (exact) mass is 241 g/mol. The fraction of sp³-hybridized carbons (Fsp3) is 0.267. The summed E-state index contributed by atoms with van der Waals surface area (Å²) in [6, 6.07) is 14.4. The van der Waals surface area contributed by atoms with E-state index in [1.54, 1.807) is 0 Å². The minimum Gasteiger partial charge on any atom is -0.327 e. The molecule has 0 aliphatic heterocycles. The molecule has 1 aromatic heterocycles. The highest BCUT2D eigenvalue weighted by Crippen LogP contribution is 2.23. The third-order valence-electron chi connectivity index (χ3n) is 2.96. The van der Waals surface area contributed by atoms with Gasteiger partial charge < -0.3 is 10.6 Å². The molecule has 1 atom stereocenters. The molecule has 94 valence electrons. The van der Waals surface area contributed by atoms with Gasteiger partial charge in [0.05, 0.1) is 0 Å². The SMILES string of the molecule is CCN(c1ccccc1)c1ccc([C@@H](C)N)cn1. The highest BCUT2D eigenvalue weighted by atomic mass is 15.2. The molecule has 0 aliphatic carbocycles. The van der Waals surface area contributed by atoms with E-state index in [0.29, 0.717) is 0 Å². The Morgan fingerprint density at radius 2 is 1.89 bits per heavy atom. The fourth-order valence-electron chi connectivity index (χ4n) is 1.91. The van der Waals surface area contributed by atoms with Gasteiger partial charge in [0.2, 0.25) is 0 Å². The van der Waals surface area contributed by atoms with E-state index in [1.165, 1.54) is 0 Å². The van der Waals surface area contributed by atoms with Crippen LogP contribution in [0, 0.1) is 0 Å². The predicted octanol–water partition coefficient (Wildman–Crippen LogP) is 3.26. The Labute approximate surface area is 108 Å². The van der Waals surface area contributed by atoms with E-state index in [1.807, 2.05) is 43.5 Å². The van der Waals surface area contributed by atoms with Crippen molar-refractivity contribution in [2.75, 3.05) is 11.4 Å². The zero-order valence-corrected chi connectivity index (χ0v) is 10.9. The summed E-state index contributed by atoms with van der Waals surface area (Å²) in [6.45, 7) is 4.97. The number of para-hydroxylation sites is 1. The lowest BCUT2D eigenvalue weighted by molar-refractivity contribution is 0.810. The van der Waals surface area contributed by atoms with Gasteiger partial charge in [0.15, 0.2) is 0 Å². The lowest BCUT2D eigenvalue weighted by Crippen LogP contribution is -2.17. The van der Waals surface area contributed by atoms with E-state index in [-0.39, 0.29) is 6.04 Å². The molecule has 0 aliphatic rings. The molecule has 18 heavy (non-hydrogen) atoms. The number of aromatic nitrogens is 1. The molecule has 1 aromatic carbocycles. The molecule has 2 N–H and O–H groups in total. The molecule has 0 bridgehead atoms. The lowest BCUT2D eigenvalue weighted by atomic mass is 10.1. The molecule has 0 fully saturated rings. The second-order valence-electron chi connectivity index (χ2n) is 4.32. The van der Waals surface area contributed by atoms with Gasteiger partial charge in [0.25, 0.3) is 0 Å². The van der Waals surface area contributed by atoms with Crippen molar-refractivity contribution in [2.45, 2.75) is 19.9 Å². The first-order chi connectivity index (χ1) is 8.72. The Bertz CT molecular complexity index is 477. The first kappa shape index (κ1) is 12.6. The van der Waals surface area contributed by atoms with E-state index in [9.17, 15) is 0 Å². The molecule has 2 aromatic rings. The molecule has 3 nitrogen and oxygen atoms in total. The van der Waals surface area contributed by atoms with Gasteiger partial charge in [-0.3, -0.25) is 0 Å². The summed E-state index contributed by atoms with van der Waals surface area (Å²) in [4.78, 5) is 6.67. The van der Waals surface area contributed by atoms with Crippen molar-refractivity contribution in [2.24, 2.45) is 5.73 Å². The van der Waals surface area contributed by atoms with Crippen LogP contribution in [0.25, 0.3) is 0 Å². The summed E-state index contributed by atoms with van der Waals surface area (Å²) >= 11 is 0. The van der Waals surface area contributed by atoms with Gasteiger partial charge in [-0.15, -0.1) is 0 Å². The Hall–Kier alpha value is -1.87. The summed E-state index contributed by atoms with van der Waals surface area (Å²) in [5.41, 5.74) is 8.04. The van der Waals surface area contributed by atoms with Gasteiger partial charge in [0.1, 0.15) is 5.82 Å². The Morgan fingerprint density at radius 3 is 2.39 bits per heavy atom. The highest BCUT2D eigenvalue weighted by molar-refractivity contribution is 5.59. The average molecular weight is 241 g/mol. The molecular weight excluding hydrogens is 222 g/mol. The summed E-state index contributed by atoms with van der Waals surface area (Å²) in [5.74, 6) is 0.952. The number of pyridine rings is 1. The van der Waals surface area contributed by atoms with Crippen LogP contribution in [0.2, 0.25) is 0 Å². The maximum atomic E-state index is 5.83. The van der Waals surface area contributed by atoms with E-state index in [2.05, 4.69) is 28.9 Å². The van der Waals surface area contributed by atoms with Crippen molar-refractivity contribution in [3.05, 3.63) is 54.2 Å². The van der Waals surface area contributed by atoms with Crippen LogP contribution in [-0.4, -0.2) is 11.5 Å². The normalized spacial score (nSPS) is 12.2. The molecule has 3 heteroatoms. The van der Waals surface area contributed by atoms with Gasteiger partial charge in [0, 0.05) is 24.5 Å². The molecule has 0 amide bonds. The maximum absolute atomic E-state index is 5.83. The lowest BCUT2D eigenvalue weighted by Gasteiger charge is -2.22. The van der Waals surface area contributed by atoms with Crippen LogP contribution in [0.15, 0.2) is 48.7 Å². The minimum absolute atomic E-state index is 0.0263. The molecule has 0 spiro atoms. The zero-order chi connectivity index (χ0) is 13.0. The molecule has 2 rings (SSSR count). The number of nitrogens with zero attached hydrogens (tertiary/aromatic N) is 2. The topological polar surface area (TPSA) is 42.1 Å². The number of hydrogen-bond donors (Lipinski definition) is 1.